The molecule has 0 amide bonds. The minimum atomic E-state index is 0.349. The first-order valence-corrected chi connectivity index (χ1v) is 19.1. The molecule has 0 atom stereocenters. The van der Waals surface area contributed by atoms with Crippen LogP contribution in [-0.2, 0) is 0 Å². The van der Waals surface area contributed by atoms with E-state index >= 15 is 0 Å². The molecule has 3 aromatic heterocycles. The number of rotatable bonds is 4. The standard InChI is InChI=1S/C48H30N2Se/c1-2-11-31(12-3-1)32-21-23-33(24-22-32)34-13-10-14-35(27-34)49-43-18-7-4-15-37(43)40-30-46-41(29-45(40)49)38-16-5-8-19-44(38)50(46)36-25-26-48-42(28-36)39-17-6-9-20-47(39)51-48/h1-30H. The maximum absolute atomic E-state index is 2.48. The molecule has 0 radical (unpaired) electrons. The average Bonchev–Trinajstić information content (AvgIpc) is 3.84. The van der Waals surface area contributed by atoms with E-state index in [9.17, 15) is 0 Å². The molecule has 51 heavy (non-hydrogen) atoms. The first-order chi connectivity index (χ1) is 25.3. The number of para-hydroxylation sites is 2. The first-order valence-electron chi connectivity index (χ1n) is 17.4. The minimum absolute atomic E-state index is 0.349. The third-order valence-corrected chi connectivity index (χ3v) is 12.9. The Balaban J connectivity index is 1.12. The second kappa shape index (κ2) is 11.2. The molecular formula is C48H30N2Se. The van der Waals surface area contributed by atoms with Crippen molar-refractivity contribution in [3.63, 3.8) is 0 Å². The van der Waals surface area contributed by atoms with Crippen LogP contribution in [0.15, 0.2) is 182 Å². The molecule has 0 saturated carbocycles. The molecule has 11 rings (SSSR count). The number of hydrogen-bond acceptors (Lipinski definition) is 0. The van der Waals surface area contributed by atoms with Crippen molar-refractivity contribution in [2.24, 2.45) is 0 Å². The Kier molecular flexibility index (Phi) is 6.30. The molecule has 0 aliphatic carbocycles. The van der Waals surface area contributed by atoms with Gasteiger partial charge in [-0.3, -0.25) is 0 Å². The van der Waals surface area contributed by atoms with Crippen LogP contribution in [0.1, 0.15) is 0 Å². The first kappa shape index (κ1) is 28.7. The number of fused-ring (bicyclic) bond motifs is 9. The summed E-state index contributed by atoms with van der Waals surface area (Å²) < 4.78 is 7.87. The number of benzene rings is 8. The molecule has 0 fully saturated rings. The second-order valence-corrected chi connectivity index (χ2v) is 15.6. The van der Waals surface area contributed by atoms with Crippen LogP contribution in [0.3, 0.4) is 0 Å². The van der Waals surface area contributed by atoms with Crippen LogP contribution in [0.5, 0.6) is 0 Å². The van der Waals surface area contributed by atoms with E-state index in [1.54, 1.807) is 0 Å². The Labute approximate surface area is 300 Å². The van der Waals surface area contributed by atoms with Gasteiger partial charge in [-0.25, -0.2) is 0 Å². The summed E-state index contributed by atoms with van der Waals surface area (Å²) in [6.45, 7) is 0. The molecule has 3 heteroatoms. The Hall–Kier alpha value is -6.12. The van der Waals surface area contributed by atoms with Crippen molar-refractivity contribution < 1.29 is 0 Å². The molecule has 0 spiro atoms. The van der Waals surface area contributed by atoms with Gasteiger partial charge in [-0.2, -0.15) is 0 Å². The fourth-order valence-corrected chi connectivity index (χ4v) is 10.4. The Bertz CT molecular complexity index is 3120. The fraction of sp³-hybridized carbons (Fsp3) is 0. The van der Waals surface area contributed by atoms with Gasteiger partial charge in [0, 0.05) is 0 Å². The van der Waals surface area contributed by atoms with Gasteiger partial charge in [-0.05, 0) is 22.3 Å². The minimum Gasteiger partial charge on any atom is -0.0617 e. The van der Waals surface area contributed by atoms with Gasteiger partial charge in [0.05, 0.1) is 0 Å². The second-order valence-electron chi connectivity index (χ2n) is 13.4. The molecule has 0 bridgehead atoms. The van der Waals surface area contributed by atoms with E-state index in [-0.39, 0.29) is 0 Å². The molecule has 0 unspecified atom stereocenters. The molecule has 0 N–H and O–H groups in total. The van der Waals surface area contributed by atoms with Crippen molar-refractivity contribution in [3.8, 4) is 33.6 Å². The molecule has 238 valence electrons. The summed E-state index contributed by atoms with van der Waals surface area (Å²) in [5.41, 5.74) is 12.1. The number of nitrogens with zero attached hydrogens (tertiary/aromatic N) is 2. The van der Waals surface area contributed by atoms with Gasteiger partial charge in [-0.1, -0.05) is 66.7 Å². The van der Waals surface area contributed by atoms with Crippen molar-refractivity contribution >= 4 is 77.4 Å². The summed E-state index contributed by atoms with van der Waals surface area (Å²) in [6.07, 6.45) is 0. The molecule has 2 nitrogen and oxygen atoms in total. The molecule has 0 aliphatic rings. The van der Waals surface area contributed by atoms with E-state index in [0.717, 1.165) is 5.69 Å². The predicted octanol–water partition coefficient (Wildman–Crippen LogP) is 12.6. The van der Waals surface area contributed by atoms with Crippen molar-refractivity contribution in [2.45, 2.75) is 0 Å². The van der Waals surface area contributed by atoms with Crippen LogP contribution < -0.4 is 0 Å². The van der Waals surface area contributed by atoms with Gasteiger partial charge in [0.1, 0.15) is 0 Å². The molecule has 11 aromatic rings. The van der Waals surface area contributed by atoms with Gasteiger partial charge in [-0.15, -0.1) is 0 Å². The molecule has 0 aliphatic heterocycles. The van der Waals surface area contributed by atoms with Crippen LogP contribution in [0, 0.1) is 0 Å². The van der Waals surface area contributed by atoms with E-state index in [1.165, 1.54) is 90.8 Å². The summed E-state index contributed by atoms with van der Waals surface area (Å²) in [5.74, 6) is 0. The molecule has 8 aromatic carbocycles. The van der Waals surface area contributed by atoms with E-state index < -0.39 is 0 Å². The van der Waals surface area contributed by atoms with Crippen molar-refractivity contribution in [3.05, 3.63) is 182 Å². The average molecular weight is 714 g/mol. The SMILES string of the molecule is c1ccc(-c2ccc(-c3cccc(-n4c5ccccc5c5cc6c(cc54)c4ccccc4n6-c4ccc5[se]c6ccccc6c5c4)c3)cc2)cc1. The zero-order valence-corrected chi connectivity index (χ0v) is 29.3. The normalized spacial score (nSPS) is 11.9. The number of hydrogen-bond donors (Lipinski definition) is 0. The Morgan fingerprint density at radius 3 is 1.47 bits per heavy atom. The third kappa shape index (κ3) is 4.42. The van der Waals surface area contributed by atoms with E-state index in [1.807, 2.05) is 0 Å². The maximum atomic E-state index is 2.48. The van der Waals surface area contributed by atoms with Crippen LogP contribution in [-0.4, -0.2) is 23.6 Å². The Morgan fingerprint density at radius 1 is 0.275 bits per heavy atom. The van der Waals surface area contributed by atoms with Gasteiger partial charge in [0.2, 0.25) is 0 Å². The van der Waals surface area contributed by atoms with Gasteiger partial charge < -0.3 is 0 Å². The van der Waals surface area contributed by atoms with E-state index in [4.69, 9.17) is 0 Å². The van der Waals surface area contributed by atoms with Gasteiger partial charge in [0.15, 0.2) is 0 Å². The molecule has 3 heterocycles. The zero-order chi connectivity index (χ0) is 33.5. The summed E-state index contributed by atoms with van der Waals surface area (Å²) in [4.78, 5) is 0. The van der Waals surface area contributed by atoms with Crippen molar-refractivity contribution in [2.75, 3.05) is 0 Å². The molecular weight excluding hydrogens is 684 g/mol. The van der Waals surface area contributed by atoms with Crippen LogP contribution in [0.2, 0.25) is 0 Å². The van der Waals surface area contributed by atoms with Gasteiger partial charge >= 0.3 is 213 Å². The smallest absolute Gasteiger partial charge is 0.0617 e. The fourth-order valence-electron chi connectivity index (χ4n) is 8.15. The van der Waals surface area contributed by atoms with E-state index in [2.05, 4.69) is 191 Å². The summed E-state index contributed by atoms with van der Waals surface area (Å²) in [6, 6.07) is 67.1. The van der Waals surface area contributed by atoms with Crippen LogP contribution in [0.4, 0.5) is 0 Å². The topological polar surface area (TPSA) is 9.86 Å². The van der Waals surface area contributed by atoms with Crippen LogP contribution >= 0.6 is 0 Å². The molecule has 0 saturated heterocycles. The predicted molar refractivity (Wildman–Crippen MR) is 218 cm³/mol. The third-order valence-electron chi connectivity index (χ3n) is 10.5. The monoisotopic (exact) mass is 714 g/mol. The van der Waals surface area contributed by atoms with Gasteiger partial charge in [0.25, 0.3) is 0 Å². The zero-order valence-electron chi connectivity index (χ0n) is 27.6. The number of aromatic nitrogens is 2. The van der Waals surface area contributed by atoms with Crippen LogP contribution in [0.25, 0.3) is 96.5 Å². The Morgan fingerprint density at radius 2 is 0.784 bits per heavy atom. The summed E-state index contributed by atoms with van der Waals surface area (Å²) in [7, 11) is 0. The summed E-state index contributed by atoms with van der Waals surface area (Å²) >= 11 is 0.349. The van der Waals surface area contributed by atoms with Crippen molar-refractivity contribution in [1.82, 2.24) is 9.13 Å². The summed E-state index contributed by atoms with van der Waals surface area (Å²) in [5, 5.41) is 7.81. The quantitative estimate of drug-likeness (QED) is 0.161. The van der Waals surface area contributed by atoms with E-state index in [0.29, 0.717) is 14.5 Å². The van der Waals surface area contributed by atoms with Crippen molar-refractivity contribution in [1.29, 1.82) is 0 Å².